The van der Waals surface area contributed by atoms with E-state index in [2.05, 4.69) is 10.2 Å². The Balaban J connectivity index is 1.42. The minimum Gasteiger partial charge on any atom is -0.347 e. The maximum atomic E-state index is 12.7. The third-order valence-corrected chi connectivity index (χ3v) is 6.05. The molecule has 0 aromatic carbocycles. The van der Waals surface area contributed by atoms with Crippen LogP contribution in [0.5, 0.6) is 0 Å². The van der Waals surface area contributed by atoms with Crippen molar-refractivity contribution in [2.75, 3.05) is 13.1 Å². The Hall–Kier alpha value is -1.81. The molecule has 3 saturated heterocycles. The first-order valence-corrected chi connectivity index (χ1v) is 8.39. The first kappa shape index (κ1) is 12.7. The number of piperidine rings is 3. The highest BCUT2D eigenvalue weighted by Crippen LogP contribution is 2.53. The van der Waals surface area contributed by atoms with Crippen molar-refractivity contribution in [2.45, 2.75) is 37.3 Å². The van der Waals surface area contributed by atoms with Gasteiger partial charge in [0, 0.05) is 23.4 Å². The molecule has 4 fully saturated rings. The molecular formula is C18H21N3O. The van der Waals surface area contributed by atoms with Crippen LogP contribution in [0.2, 0.25) is 0 Å². The molecule has 4 nitrogen and oxygen atoms in total. The van der Waals surface area contributed by atoms with E-state index in [0.717, 1.165) is 11.1 Å². The Morgan fingerprint density at radius 2 is 2.00 bits per heavy atom. The number of hydrogen-bond acceptors (Lipinski definition) is 2. The first-order chi connectivity index (χ1) is 10.8. The number of nitrogens with zero attached hydrogens (tertiary/aromatic N) is 2. The topological polar surface area (TPSA) is 36.8 Å². The van der Waals surface area contributed by atoms with Crippen LogP contribution < -0.4 is 5.32 Å². The molecule has 4 aliphatic rings. The summed E-state index contributed by atoms with van der Waals surface area (Å²) in [5.41, 5.74) is 2.18. The van der Waals surface area contributed by atoms with Crippen molar-refractivity contribution >= 4 is 11.4 Å². The summed E-state index contributed by atoms with van der Waals surface area (Å²) in [7, 11) is 0. The fourth-order valence-electron chi connectivity index (χ4n) is 4.71. The van der Waals surface area contributed by atoms with E-state index in [-0.39, 0.29) is 5.91 Å². The van der Waals surface area contributed by atoms with Gasteiger partial charge in [0.25, 0.3) is 5.91 Å². The van der Waals surface area contributed by atoms with E-state index in [4.69, 9.17) is 0 Å². The highest BCUT2D eigenvalue weighted by atomic mass is 16.1. The minimum atomic E-state index is 0.0839. The van der Waals surface area contributed by atoms with Crippen molar-refractivity contribution in [1.82, 2.24) is 14.6 Å². The molecule has 1 saturated carbocycles. The van der Waals surface area contributed by atoms with Crippen LogP contribution in [0.25, 0.3) is 5.52 Å². The van der Waals surface area contributed by atoms with Crippen molar-refractivity contribution in [1.29, 1.82) is 0 Å². The van der Waals surface area contributed by atoms with Crippen molar-refractivity contribution in [3.05, 3.63) is 42.2 Å². The van der Waals surface area contributed by atoms with Crippen LogP contribution in [0.1, 0.15) is 36.0 Å². The van der Waals surface area contributed by atoms with Crippen LogP contribution in [0.3, 0.4) is 0 Å². The van der Waals surface area contributed by atoms with Crippen molar-refractivity contribution in [3.63, 3.8) is 0 Å². The molecule has 1 amide bonds. The number of carbonyl (C=O) groups excluding carboxylic acids is 1. The summed E-state index contributed by atoms with van der Waals surface area (Å²) in [5.74, 6) is 0.757. The Morgan fingerprint density at radius 3 is 2.77 bits per heavy atom. The maximum absolute atomic E-state index is 12.7. The average Bonchev–Trinajstić information content (AvgIpc) is 3.18. The van der Waals surface area contributed by atoms with E-state index in [1.165, 1.54) is 38.8 Å². The number of carbonyl (C=O) groups is 1. The second-order valence-corrected chi connectivity index (χ2v) is 7.14. The van der Waals surface area contributed by atoms with Crippen LogP contribution >= 0.6 is 0 Å². The van der Waals surface area contributed by atoms with Gasteiger partial charge in [-0.1, -0.05) is 0 Å². The average molecular weight is 295 g/mol. The molecule has 2 aromatic heterocycles. The zero-order chi connectivity index (χ0) is 14.7. The monoisotopic (exact) mass is 295 g/mol. The molecule has 5 heterocycles. The molecule has 3 aliphatic heterocycles. The maximum Gasteiger partial charge on any atom is 0.253 e. The molecule has 22 heavy (non-hydrogen) atoms. The van der Waals surface area contributed by atoms with Crippen molar-refractivity contribution in [2.24, 2.45) is 5.92 Å². The van der Waals surface area contributed by atoms with Gasteiger partial charge in [-0.2, -0.15) is 0 Å². The molecule has 6 rings (SSSR count). The Morgan fingerprint density at radius 1 is 1.18 bits per heavy atom. The van der Waals surface area contributed by atoms with Gasteiger partial charge in [-0.3, -0.25) is 9.69 Å². The number of rotatable bonds is 2. The van der Waals surface area contributed by atoms with Crippen LogP contribution in [0.15, 0.2) is 36.7 Å². The quantitative estimate of drug-likeness (QED) is 0.923. The number of hydrogen-bond donors (Lipinski definition) is 1. The van der Waals surface area contributed by atoms with E-state index in [9.17, 15) is 4.79 Å². The third kappa shape index (κ3) is 1.70. The summed E-state index contributed by atoms with van der Waals surface area (Å²) in [6, 6.07) is 8.35. The van der Waals surface area contributed by atoms with Gasteiger partial charge in [-0.15, -0.1) is 0 Å². The lowest BCUT2D eigenvalue weighted by molar-refractivity contribution is -0.00145. The second-order valence-electron chi connectivity index (χ2n) is 7.14. The van der Waals surface area contributed by atoms with Crippen LogP contribution in [-0.4, -0.2) is 39.9 Å². The molecular weight excluding hydrogens is 274 g/mol. The van der Waals surface area contributed by atoms with E-state index in [1.54, 1.807) is 0 Å². The molecule has 1 aliphatic carbocycles. The van der Waals surface area contributed by atoms with Crippen molar-refractivity contribution in [3.8, 4) is 0 Å². The first-order valence-electron chi connectivity index (χ1n) is 8.39. The standard InChI is InChI=1S/C18H21N3O/c22-17(14-3-4-15-2-1-9-20(15)12-14)19-16-13-5-10-21(11-6-13)18(16)7-8-18/h1-4,9,12-13,16H,5-8,10-11H2,(H,19,22)/t16-/m1/s1. The highest BCUT2D eigenvalue weighted by Gasteiger charge is 2.60. The Kier molecular flexibility index (Phi) is 2.51. The van der Waals surface area contributed by atoms with Gasteiger partial charge < -0.3 is 9.72 Å². The lowest BCUT2D eigenvalue weighted by Crippen LogP contribution is -2.65. The van der Waals surface area contributed by atoms with Gasteiger partial charge in [-0.05, 0) is 69.0 Å². The zero-order valence-corrected chi connectivity index (χ0v) is 12.7. The number of amides is 1. The molecule has 1 N–H and O–H groups in total. The van der Waals surface area contributed by atoms with Gasteiger partial charge in [-0.25, -0.2) is 0 Å². The fraction of sp³-hybridized carbons (Fsp3) is 0.500. The Labute approximate surface area is 130 Å². The third-order valence-electron chi connectivity index (χ3n) is 6.05. The summed E-state index contributed by atoms with van der Waals surface area (Å²) in [6.45, 7) is 2.46. The predicted molar refractivity (Wildman–Crippen MR) is 84.9 cm³/mol. The van der Waals surface area contributed by atoms with E-state index >= 15 is 0 Å². The largest absolute Gasteiger partial charge is 0.347 e. The summed E-state index contributed by atoms with van der Waals surface area (Å²) < 4.78 is 2.01. The van der Waals surface area contributed by atoms with Gasteiger partial charge in [0.2, 0.25) is 0 Å². The molecule has 1 atom stereocenters. The Bertz CT molecular complexity index is 738. The SMILES string of the molecule is O=C(N[C@@H]1C2CCN(CC2)C12CC2)c1ccc2cccn2c1. The van der Waals surface area contributed by atoms with E-state index in [1.807, 2.05) is 41.1 Å². The lowest BCUT2D eigenvalue weighted by atomic mass is 9.77. The smallest absolute Gasteiger partial charge is 0.253 e. The fourth-order valence-corrected chi connectivity index (χ4v) is 4.71. The second kappa shape index (κ2) is 4.35. The van der Waals surface area contributed by atoms with Gasteiger partial charge in [0.1, 0.15) is 0 Å². The van der Waals surface area contributed by atoms with Crippen LogP contribution in [-0.2, 0) is 0 Å². The summed E-state index contributed by atoms with van der Waals surface area (Å²) in [5, 5.41) is 3.38. The number of pyridine rings is 1. The van der Waals surface area contributed by atoms with Gasteiger partial charge >= 0.3 is 0 Å². The molecule has 2 aromatic rings. The molecule has 2 bridgehead atoms. The molecule has 1 spiro atoms. The normalized spacial score (nSPS) is 31.5. The van der Waals surface area contributed by atoms with Crippen LogP contribution in [0.4, 0.5) is 0 Å². The predicted octanol–water partition coefficient (Wildman–Crippen LogP) is 2.30. The molecule has 4 heteroatoms. The molecule has 114 valence electrons. The zero-order valence-electron chi connectivity index (χ0n) is 12.7. The minimum absolute atomic E-state index is 0.0839. The summed E-state index contributed by atoms with van der Waals surface area (Å²) >= 11 is 0. The summed E-state index contributed by atoms with van der Waals surface area (Å²) in [4.78, 5) is 15.4. The lowest BCUT2D eigenvalue weighted by Gasteiger charge is -2.52. The number of fused-ring (bicyclic) bond motifs is 3. The van der Waals surface area contributed by atoms with Gasteiger partial charge in [0.15, 0.2) is 0 Å². The molecule has 0 radical (unpaired) electrons. The highest BCUT2D eigenvalue weighted by molar-refractivity contribution is 5.94. The van der Waals surface area contributed by atoms with E-state index in [0.29, 0.717) is 17.5 Å². The van der Waals surface area contributed by atoms with Crippen molar-refractivity contribution < 1.29 is 4.79 Å². The number of aromatic nitrogens is 1. The molecule has 0 unspecified atom stereocenters. The number of nitrogens with one attached hydrogen (secondary N) is 1. The summed E-state index contributed by atoms with van der Waals surface area (Å²) in [6.07, 6.45) is 8.91. The van der Waals surface area contributed by atoms with E-state index < -0.39 is 0 Å². The van der Waals surface area contributed by atoms with Gasteiger partial charge in [0.05, 0.1) is 11.6 Å². The van der Waals surface area contributed by atoms with Crippen LogP contribution in [0, 0.1) is 5.92 Å².